The molecule has 0 atom stereocenters. The van der Waals surface area contributed by atoms with Gasteiger partial charge in [-0.1, -0.05) is 45.9 Å². The highest BCUT2D eigenvalue weighted by Gasteiger charge is 2.03. The van der Waals surface area contributed by atoms with Crippen LogP contribution in [0, 0.1) is 0 Å². The summed E-state index contributed by atoms with van der Waals surface area (Å²) >= 11 is 0. The maximum atomic E-state index is 11.3. The van der Waals surface area contributed by atoms with Gasteiger partial charge in [0.25, 0.3) is 0 Å². The van der Waals surface area contributed by atoms with E-state index in [4.69, 9.17) is 5.11 Å². The van der Waals surface area contributed by atoms with Crippen molar-refractivity contribution in [2.24, 2.45) is 0 Å². The average Bonchev–Trinajstić information content (AvgIpc) is 2.44. The Labute approximate surface area is 115 Å². The first-order chi connectivity index (χ1) is 9.18. The predicted octanol–water partition coefficient (Wildman–Crippen LogP) is 3.93. The predicted molar refractivity (Wildman–Crippen MR) is 79.3 cm³/mol. The molecule has 1 rings (SSSR count). The summed E-state index contributed by atoms with van der Waals surface area (Å²) in [6, 6.07) is 9.09. The number of carboxylic acids is 1. The number of carbonyl (C=O) groups excluding carboxylic acids is 1. The van der Waals surface area contributed by atoms with E-state index >= 15 is 0 Å². The lowest BCUT2D eigenvalue weighted by Crippen LogP contribution is -2.11. The molecule has 0 saturated heterocycles. The largest absolute Gasteiger partial charge is 0.481 e. The van der Waals surface area contributed by atoms with E-state index in [0.717, 1.165) is 5.69 Å². The van der Waals surface area contributed by atoms with Crippen LogP contribution in [0.15, 0.2) is 30.3 Å². The standard InChI is InChI=1S/C11H13NO3.2C2H6/c13-10(7-4-8-11(14)15)12-9-5-2-1-3-6-9;2*1-2/h1-3,5-6H,4,7-8H2,(H,12,13)(H,14,15);2*1-2H3. The van der Waals surface area contributed by atoms with Gasteiger partial charge in [-0.25, -0.2) is 0 Å². The Morgan fingerprint density at radius 1 is 1.00 bits per heavy atom. The summed E-state index contributed by atoms with van der Waals surface area (Å²) in [4.78, 5) is 21.5. The van der Waals surface area contributed by atoms with Crippen molar-refractivity contribution in [3.63, 3.8) is 0 Å². The Balaban J connectivity index is 0. The van der Waals surface area contributed by atoms with Crippen molar-refractivity contribution in [1.82, 2.24) is 0 Å². The molecule has 4 nitrogen and oxygen atoms in total. The van der Waals surface area contributed by atoms with Crippen LogP contribution in [0.25, 0.3) is 0 Å². The number of hydrogen-bond donors (Lipinski definition) is 2. The second kappa shape index (κ2) is 14.2. The number of benzene rings is 1. The van der Waals surface area contributed by atoms with Crippen molar-refractivity contribution in [2.75, 3.05) is 5.32 Å². The first-order valence-electron chi connectivity index (χ1n) is 6.75. The highest BCUT2D eigenvalue weighted by atomic mass is 16.4. The summed E-state index contributed by atoms with van der Waals surface area (Å²) in [5, 5.41) is 11.1. The van der Waals surface area contributed by atoms with Crippen LogP contribution in [0.4, 0.5) is 5.69 Å². The first-order valence-corrected chi connectivity index (χ1v) is 6.75. The fraction of sp³-hybridized carbons (Fsp3) is 0.467. The molecule has 0 fully saturated rings. The van der Waals surface area contributed by atoms with Crippen LogP contribution in [0.1, 0.15) is 47.0 Å². The average molecular weight is 267 g/mol. The minimum atomic E-state index is -0.873. The van der Waals surface area contributed by atoms with Gasteiger partial charge in [-0.05, 0) is 18.6 Å². The van der Waals surface area contributed by atoms with Crippen LogP contribution in [-0.2, 0) is 9.59 Å². The van der Waals surface area contributed by atoms with Crippen LogP contribution in [0.5, 0.6) is 0 Å². The van der Waals surface area contributed by atoms with Gasteiger partial charge in [0.1, 0.15) is 0 Å². The van der Waals surface area contributed by atoms with Gasteiger partial charge in [-0.3, -0.25) is 9.59 Å². The van der Waals surface area contributed by atoms with E-state index in [1.165, 1.54) is 0 Å². The van der Waals surface area contributed by atoms with E-state index in [-0.39, 0.29) is 18.7 Å². The zero-order valence-electron chi connectivity index (χ0n) is 12.3. The molecule has 0 saturated carbocycles. The third-order valence-electron chi connectivity index (χ3n) is 1.85. The van der Waals surface area contributed by atoms with E-state index in [1.54, 1.807) is 12.1 Å². The summed E-state index contributed by atoms with van der Waals surface area (Å²) in [5.41, 5.74) is 0.734. The van der Waals surface area contributed by atoms with Crippen LogP contribution in [0.2, 0.25) is 0 Å². The molecule has 1 aromatic rings. The van der Waals surface area contributed by atoms with Crippen molar-refractivity contribution < 1.29 is 14.7 Å². The minimum absolute atomic E-state index is 0.0300. The van der Waals surface area contributed by atoms with Gasteiger partial charge in [0, 0.05) is 18.5 Å². The number of aliphatic carboxylic acids is 1. The molecule has 108 valence electrons. The second-order valence-electron chi connectivity index (χ2n) is 3.16. The molecule has 19 heavy (non-hydrogen) atoms. The van der Waals surface area contributed by atoms with E-state index in [0.29, 0.717) is 6.42 Å². The Morgan fingerprint density at radius 2 is 1.53 bits per heavy atom. The molecule has 0 aliphatic rings. The number of nitrogens with one attached hydrogen (secondary N) is 1. The van der Waals surface area contributed by atoms with Crippen LogP contribution >= 0.6 is 0 Å². The molecule has 4 heteroatoms. The third kappa shape index (κ3) is 12.4. The Hall–Kier alpha value is -1.84. The zero-order chi connectivity index (χ0) is 15.1. The van der Waals surface area contributed by atoms with Crippen molar-refractivity contribution in [3.8, 4) is 0 Å². The van der Waals surface area contributed by atoms with Crippen LogP contribution < -0.4 is 5.32 Å². The minimum Gasteiger partial charge on any atom is -0.481 e. The Morgan fingerprint density at radius 3 is 2.00 bits per heavy atom. The van der Waals surface area contributed by atoms with Crippen molar-refractivity contribution in [2.45, 2.75) is 47.0 Å². The fourth-order valence-electron chi connectivity index (χ4n) is 1.15. The quantitative estimate of drug-likeness (QED) is 0.849. The van der Waals surface area contributed by atoms with Gasteiger partial charge >= 0.3 is 5.97 Å². The zero-order valence-corrected chi connectivity index (χ0v) is 12.3. The molecule has 0 aliphatic heterocycles. The Bertz CT molecular complexity index is 337. The lowest BCUT2D eigenvalue weighted by molar-refractivity contribution is -0.137. The normalized spacial score (nSPS) is 8.21. The summed E-state index contributed by atoms with van der Waals surface area (Å²) < 4.78 is 0. The maximum Gasteiger partial charge on any atom is 0.303 e. The molecule has 0 aromatic heterocycles. The van der Waals surface area contributed by atoms with Gasteiger partial charge in [-0.15, -0.1) is 0 Å². The smallest absolute Gasteiger partial charge is 0.303 e. The van der Waals surface area contributed by atoms with Gasteiger partial charge in [0.15, 0.2) is 0 Å². The Kier molecular flexibility index (Phi) is 14.6. The highest BCUT2D eigenvalue weighted by molar-refractivity contribution is 5.90. The van der Waals surface area contributed by atoms with E-state index in [9.17, 15) is 9.59 Å². The van der Waals surface area contributed by atoms with Crippen molar-refractivity contribution in [1.29, 1.82) is 0 Å². The molecule has 0 heterocycles. The van der Waals surface area contributed by atoms with Crippen molar-refractivity contribution >= 4 is 17.6 Å². The van der Waals surface area contributed by atoms with Gasteiger partial charge < -0.3 is 10.4 Å². The van der Waals surface area contributed by atoms with E-state index < -0.39 is 5.97 Å². The number of para-hydroxylation sites is 1. The van der Waals surface area contributed by atoms with Gasteiger partial charge in [-0.2, -0.15) is 0 Å². The number of anilines is 1. The molecule has 0 unspecified atom stereocenters. The molecular weight excluding hydrogens is 242 g/mol. The number of carboxylic acid groups (broad SMARTS) is 1. The topological polar surface area (TPSA) is 66.4 Å². The van der Waals surface area contributed by atoms with E-state index in [2.05, 4.69) is 5.32 Å². The van der Waals surface area contributed by atoms with Gasteiger partial charge in [0.2, 0.25) is 5.91 Å². The summed E-state index contributed by atoms with van der Waals surface area (Å²) in [5.74, 6) is -1.02. The molecule has 0 bridgehead atoms. The highest BCUT2D eigenvalue weighted by Crippen LogP contribution is 2.06. The number of hydrogen-bond acceptors (Lipinski definition) is 2. The number of rotatable bonds is 5. The molecule has 0 radical (unpaired) electrons. The second-order valence-corrected chi connectivity index (χ2v) is 3.16. The lowest BCUT2D eigenvalue weighted by atomic mass is 10.2. The van der Waals surface area contributed by atoms with Gasteiger partial charge in [0.05, 0.1) is 0 Å². The lowest BCUT2D eigenvalue weighted by Gasteiger charge is -2.03. The molecule has 1 amide bonds. The molecule has 0 spiro atoms. The SMILES string of the molecule is CC.CC.O=C(O)CCCC(=O)Nc1ccccc1. The molecular formula is C15H25NO3. The molecule has 0 aliphatic carbocycles. The number of carbonyl (C=O) groups is 2. The summed E-state index contributed by atoms with van der Waals surface area (Å²) in [6.45, 7) is 8.00. The maximum absolute atomic E-state index is 11.3. The molecule has 1 aromatic carbocycles. The van der Waals surface area contributed by atoms with Crippen LogP contribution in [-0.4, -0.2) is 17.0 Å². The fourth-order valence-corrected chi connectivity index (χ4v) is 1.15. The third-order valence-corrected chi connectivity index (χ3v) is 1.85. The summed E-state index contributed by atoms with van der Waals surface area (Å²) in [6.07, 6.45) is 0.636. The molecule has 2 N–H and O–H groups in total. The summed E-state index contributed by atoms with van der Waals surface area (Å²) in [7, 11) is 0. The van der Waals surface area contributed by atoms with Crippen molar-refractivity contribution in [3.05, 3.63) is 30.3 Å². The van der Waals surface area contributed by atoms with Crippen LogP contribution in [0.3, 0.4) is 0 Å². The number of amides is 1. The first kappa shape index (κ1) is 19.5. The van der Waals surface area contributed by atoms with E-state index in [1.807, 2.05) is 45.9 Å². The monoisotopic (exact) mass is 267 g/mol.